The standard InChI is InChI=1S/C23H24F4O3/c1-2-3-15-4-6-16(7-5-15)17-8-13-20(21(24)14-17)22(28)29-18-9-11-19(12-10-18)30-23(25,26)27/h8-16H,2-7H2,1H3. The van der Waals surface area contributed by atoms with E-state index < -0.39 is 23.9 Å². The van der Waals surface area contributed by atoms with E-state index in [1.54, 1.807) is 6.07 Å². The summed E-state index contributed by atoms with van der Waals surface area (Å²) in [6, 6.07) is 8.90. The lowest BCUT2D eigenvalue weighted by Gasteiger charge is -2.28. The Kier molecular flexibility index (Phi) is 7.00. The summed E-state index contributed by atoms with van der Waals surface area (Å²) in [6.07, 6.45) is 1.91. The van der Waals surface area contributed by atoms with Gasteiger partial charge in [0.05, 0.1) is 5.56 Å². The molecule has 162 valence electrons. The van der Waals surface area contributed by atoms with Gasteiger partial charge in [-0.2, -0.15) is 0 Å². The summed E-state index contributed by atoms with van der Waals surface area (Å²) >= 11 is 0. The number of hydrogen-bond acceptors (Lipinski definition) is 3. The average Bonchev–Trinajstić information content (AvgIpc) is 2.69. The van der Waals surface area contributed by atoms with Crippen LogP contribution in [0.15, 0.2) is 42.5 Å². The predicted octanol–water partition coefficient (Wildman–Crippen LogP) is 7.02. The molecule has 1 aliphatic rings. The summed E-state index contributed by atoms with van der Waals surface area (Å²) < 4.78 is 60.0. The van der Waals surface area contributed by atoms with E-state index in [4.69, 9.17) is 4.74 Å². The van der Waals surface area contributed by atoms with Gasteiger partial charge in [0.1, 0.15) is 17.3 Å². The van der Waals surface area contributed by atoms with E-state index in [0.29, 0.717) is 5.92 Å². The van der Waals surface area contributed by atoms with Crippen LogP contribution in [0.4, 0.5) is 17.6 Å². The lowest BCUT2D eigenvalue weighted by Crippen LogP contribution is -2.17. The number of carbonyl (C=O) groups excluding carboxylic acids is 1. The van der Waals surface area contributed by atoms with Crippen LogP contribution in [0.1, 0.15) is 67.3 Å². The predicted molar refractivity (Wildman–Crippen MR) is 104 cm³/mol. The van der Waals surface area contributed by atoms with Crippen molar-refractivity contribution in [2.75, 3.05) is 0 Å². The Labute approximate surface area is 173 Å². The molecule has 0 unspecified atom stereocenters. The summed E-state index contributed by atoms with van der Waals surface area (Å²) in [7, 11) is 0. The summed E-state index contributed by atoms with van der Waals surface area (Å²) in [5.41, 5.74) is 0.668. The van der Waals surface area contributed by atoms with Crippen LogP contribution >= 0.6 is 0 Å². The molecule has 1 aliphatic carbocycles. The lowest BCUT2D eigenvalue weighted by molar-refractivity contribution is -0.274. The molecule has 2 aromatic rings. The molecule has 3 nitrogen and oxygen atoms in total. The third-order valence-electron chi connectivity index (χ3n) is 5.50. The molecule has 1 fully saturated rings. The molecule has 0 aliphatic heterocycles. The fourth-order valence-corrected chi connectivity index (χ4v) is 4.01. The normalized spacial score (nSPS) is 19.4. The van der Waals surface area contributed by atoms with Crippen LogP contribution < -0.4 is 9.47 Å². The van der Waals surface area contributed by atoms with Crippen LogP contribution in [0.25, 0.3) is 0 Å². The number of alkyl halides is 3. The minimum Gasteiger partial charge on any atom is -0.423 e. The lowest BCUT2D eigenvalue weighted by atomic mass is 9.77. The number of rotatable bonds is 6. The van der Waals surface area contributed by atoms with Crippen molar-refractivity contribution >= 4 is 5.97 Å². The summed E-state index contributed by atoms with van der Waals surface area (Å²) in [6.45, 7) is 2.18. The second-order valence-corrected chi connectivity index (χ2v) is 7.65. The SMILES string of the molecule is CCCC1CCC(c2ccc(C(=O)Oc3ccc(OC(F)(F)F)cc3)c(F)c2)CC1. The third-order valence-corrected chi connectivity index (χ3v) is 5.50. The molecule has 3 rings (SSSR count). The van der Waals surface area contributed by atoms with Crippen molar-refractivity contribution in [3.63, 3.8) is 0 Å². The number of esters is 1. The van der Waals surface area contributed by atoms with E-state index >= 15 is 0 Å². The fourth-order valence-electron chi connectivity index (χ4n) is 4.01. The van der Waals surface area contributed by atoms with E-state index in [1.165, 1.54) is 25.0 Å². The van der Waals surface area contributed by atoms with E-state index in [9.17, 15) is 22.4 Å². The molecule has 0 spiro atoms. The monoisotopic (exact) mass is 424 g/mol. The molecule has 30 heavy (non-hydrogen) atoms. The van der Waals surface area contributed by atoms with E-state index in [0.717, 1.165) is 61.4 Å². The zero-order valence-electron chi connectivity index (χ0n) is 16.7. The minimum absolute atomic E-state index is 0.00718. The van der Waals surface area contributed by atoms with Gasteiger partial charge < -0.3 is 9.47 Å². The molecule has 0 saturated heterocycles. The summed E-state index contributed by atoms with van der Waals surface area (Å²) in [5.74, 6) is -0.976. The highest BCUT2D eigenvalue weighted by Crippen LogP contribution is 2.38. The number of ether oxygens (including phenoxy) is 2. The quantitative estimate of drug-likeness (QED) is 0.284. The van der Waals surface area contributed by atoms with E-state index in [2.05, 4.69) is 11.7 Å². The first-order chi connectivity index (χ1) is 14.2. The molecule has 2 aromatic carbocycles. The van der Waals surface area contributed by atoms with Crippen LogP contribution in [0.2, 0.25) is 0 Å². The Morgan fingerprint density at radius 2 is 1.63 bits per heavy atom. The van der Waals surface area contributed by atoms with Gasteiger partial charge >= 0.3 is 12.3 Å². The van der Waals surface area contributed by atoms with Crippen molar-refractivity contribution in [3.05, 3.63) is 59.4 Å². The maximum Gasteiger partial charge on any atom is 0.573 e. The molecule has 1 saturated carbocycles. The molecule has 0 atom stereocenters. The second kappa shape index (κ2) is 9.49. The zero-order chi connectivity index (χ0) is 21.7. The van der Waals surface area contributed by atoms with Crippen molar-refractivity contribution in [3.8, 4) is 11.5 Å². The molecular formula is C23H24F4O3. The van der Waals surface area contributed by atoms with Crippen LogP contribution in [0, 0.1) is 11.7 Å². The van der Waals surface area contributed by atoms with Gasteiger partial charge in [0.25, 0.3) is 0 Å². The van der Waals surface area contributed by atoms with Crippen molar-refractivity contribution in [1.29, 1.82) is 0 Å². The van der Waals surface area contributed by atoms with Crippen LogP contribution in [-0.2, 0) is 0 Å². The molecule has 0 N–H and O–H groups in total. The fraction of sp³-hybridized carbons (Fsp3) is 0.435. The first-order valence-electron chi connectivity index (χ1n) is 10.1. The Balaban J connectivity index is 1.61. The molecule has 0 bridgehead atoms. The molecule has 0 radical (unpaired) electrons. The van der Waals surface area contributed by atoms with Crippen molar-refractivity contribution in [2.45, 2.75) is 57.7 Å². The summed E-state index contributed by atoms with van der Waals surface area (Å²) in [4.78, 5) is 12.3. The van der Waals surface area contributed by atoms with Crippen LogP contribution in [-0.4, -0.2) is 12.3 Å². The van der Waals surface area contributed by atoms with Crippen LogP contribution in [0.3, 0.4) is 0 Å². The van der Waals surface area contributed by atoms with Gasteiger partial charge in [-0.25, -0.2) is 9.18 Å². The molecule has 0 heterocycles. The Morgan fingerprint density at radius 1 is 1.00 bits per heavy atom. The smallest absolute Gasteiger partial charge is 0.423 e. The molecular weight excluding hydrogens is 400 g/mol. The third kappa shape index (κ3) is 5.97. The second-order valence-electron chi connectivity index (χ2n) is 7.65. The van der Waals surface area contributed by atoms with Gasteiger partial charge in [-0.3, -0.25) is 0 Å². The number of halogens is 4. The minimum atomic E-state index is -4.81. The topological polar surface area (TPSA) is 35.5 Å². The van der Waals surface area contributed by atoms with Gasteiger partial charge in [-0.1, -0.05) is 25.8 Å². The Hall–Kier alpha value is -2.57. The maximum atomic E-state index is 14.6. The first-order valence-corrected chi connectivity index (χ1v) is 10.1. The highest BCUT2D eigenvalue weighted by Gasteiger charge is 2.31. The number of benzene rings is 2. The zero-order valence-corrected chi connectivity index (χ0v) is 16.7. The van der Waals surface area contributed by atoms with Crippen LogP contribution in [0.5, 0.6) is 11.5 Å². The molecule has 0 amide bonds. The maximum absolute atomic E-state index is 14.6. The average molecular weight is 424 g/mol. The van der Waals surface area contributed by atoms with E-state index in [-0.39, 0.29) is 11.3 Å². The molecule has 7 heteroatoms. The van der Waals surface area contributed by atoms with Crippen molar-refractivity contribution in [1.82, 2.24) is 0 Å². The first kappa shape index (κ1) is 22.1. The van der Waals surface area contributed by atoms with Gasteiger partial charge in [0.2, 0.25) is 0 Å². The van der Waals surface area contributed by atoms with Gasteiger partial charge in [-0.15, -0.1) is 13.2 Å². The molecule has 0 aromatic heterocycles. The number of hydrogen-bond donors (Lipinski definition) is 0. The van der Waals surface area contributed by atoms with Crippen molar-refractivity contribution < 1.29 is 31.8 Å². The van der Waals surface area contributed by atoms with Gasteiger partial charge in [-0.05, 0) is 79.5 Å². The summed E-state index contributed by atoms with van der Waals surface area (Å²) in [5, 5.41) is 0. The van der Waals surface area contributed by atoms with Gasteiger partial charge in [0, 0.05) is 0 Å². The van der Waals surface area contributed by atoms with Gasteiger partial charge in [0.15, 0.2) is 0 Å². The highest BCUT2D eigenvalue weighted by molar-refractivity contribution is 5.91. The number of carbonyl (C=O) groups is 1. The Morgan fingerprint density at radius 3 is 2.20 bits per heavy atom. The highest BCUT2D eigenvalue weighted by atomic mass is 19.4. The van der Waals surface area contributed by atoms with Crippen molar-refractivity contribution in [2.24, 2.45) is 5.92 Å². The Bertz CT molecular complexity index is 854. The largest absolute Gasteiger partial charge is 0.573 e. The van der Waals surface area contributed by atoms with E-state index in [1.807, 2.05) is 0 Å².